The van der Waals surface area contributed by atoms with Crippen LogP contribution >= 0.6 is 0 Å². The first-order valence-electron chi connectivity index (χ1n) is 6.94. The first-order chi connectivity index (χ1) is 8.25. The summed E-state index contributed by atoms with van der Waals surface area (Å²) in [5, 5.41) is 0. The summed E-state index contributed by atoms with van der Waals surface area (Å²) in [4.78, 5) is 4.30. The molecule has 0 aromatic heterocycles. The van der Waals surface area contributed by atoms with Crippen LogP contribution in [0.3, 0.4) is 0 Å². The molecule has 0 aromatic carbocycles. The van der Waals surface area contributed by atoms with Crippen molar-refractivity contribution >= 4 is 8.56 Å². The summed E-state index contributed by atoms with van der Waals surface area (Å²) in [5.41, 5.74) is -0.374. The smallest absolute Gasteiger partial charge is 0.332 e. The number of hydrogen-bond acceptors (Lipinski definition) is 4. The van der Waals surface area contributed by atoms with Crippen molar-refractivity contribution in [2.24, 2.45) is 0 Å². The van der Waals surface area contributed by atoms with Crippen molar-refractivity contribution in [2.75, 3.05) is 41.3 Å². The minimum absolute atomic E-state index is 0.187. The second-order valence-corrected chi connectivity index (χ2v) is 10.8. The van der Waals surface area contributed by atoms with E-state index >= 15 is 0 Å². The molecule has 0 aliphatic carbocycles. The van der Waals surface area contributed by atoms with Crippen LogP contribution in [0.4, 0.5) is 0 Å². The molecule has 0 bridgehead atoms. The van der Waals surface area contributed by atoms with E-state index in [4.69, 9.17) is 8.85 Å². The van der Waals surface area contributed by atoms with Crippen molar-refractivity contribution in [1.82, 2.24) is 9.80 Å². The molecule has 0 aliphatic rings. The van der Waals surface area contributed by atoms with Crippen LogP contribution in [0.25, 0.3) is 0 Å². The molecule has 0 rings (SSSR count). The van der Waals surface area contributed by atoms with Crippen molar-refractivity contribution in [3.05, 3.63) is 0 Å². The van der Waals surface area contributed by atoms with E-state index in [0.717, 1.165) is 13.1 Å². The third kappa shape index (κ3) is 9.57. The number of likely N-dealkylation sites (N-methyl/N-ethyl adjacent to an activating group) is 2. The Hall–Kier alpha value is 0.0569. The lowest BCUT2D eigenvalue weighted by Crippen LogP contribution is -2.53. The van der Waals surface area contributed by atoms with Crippen LogP contribution in [0.5, 0.6) is 0 Å². The van der Waals surface area contributed by atoms with Crippen molar-refractivity contribution in [1.29, 1.82) is 0 Å². The average Bonchev–Trinajstić information content (AvgIpc) is 1.89. The SMILES string of the molecule is CN(C)CC(C)(C)O[Si](C)(C)OC(C)(C)CN(C)C. The Labute approximate surface area is 121 Å². The highest BCUT2D eigenvalue weighted by Gasteiger charge is 2.38. The van der Waals surface area contributed by atoms with Gasteiger partial charge in [-0.1, -0.05) is 0 Å². The molecule has 0 radical (unpaired) electrons. The van der Waals surface area contributed by atoms with Gasteiger partial charge < -0.3 is 18.7 Å². The largest absolute Gasteiger partial charge is 0.388 e. The molecule has 0 atom stereocenters. The summed E-state index contributed by atoms with van der Waals surface area (Å²) >= 11 is 0. The fourth-order valence-electron chi connectivity index (χ4n) is 2.94. The second-order valence-electron chi connectivity index (χ2n) is 7.60. The molecular weight excluding hydrogens is 256 g/mol. The van der Waals surface area contributed by atoms with E-state index in [2.05, 4.69) is 78.8 Å². The number of nitrogens with zero attached hydrogens (tertiary/aromatic N) is 2. The molecule has 116 valence electrons. The second kappa shape index (κ2) is 6.67. The lowest BCUT2D eigenvalue weighted by atomic mass is 10.1. The molecule has 5 heteroatoms. The third-order valence-electron chi connectivity index (χ3n) is 2.44. The van der Waals surface area contributed by atoms with E-state index in [1.54, 1.807) is 0 Å². The zero-order valence-corrected chi connectivity index (χ0v) is 15.6. The van der Waals surface area contributed by atoms with E-state index in [1.807, 2.05) is 0 Å². The Bertz CT molecular complexity index is 251. The van der Waals surface area contributed by atoms with Crippen LogP contribution in [-0.4, -0.2) is 70.8 Å². The van der Waals surface area contributed by atoms with Crippen molar-refractivity contribution in [3.8, 4) is 0 Å². The standard InChI is InChI=1S/C14H34N2O2Si/c1-13(2,11-15(5)6)17-19(9,10)18-14(3,4)12-16(7)8/h11-12H2,1-10H3. The van der Waals surface area contributed by atoms with Gasteiger partial charge in [-0.25, -0.2) is 0 Å². The van der Waals surface area contributed by atoms with Crippen molar-refractivity contribution < 1.29 is 8.85 Å². The van der Waals surface area contributed by atoms with Gasteiger partial charge in [0, 0.05) is 13.1 Å². The maximum Gasteiger partial charge on any atom is 0.332 e. The van der Waals surface area contributed by atoms with Crippen LogP contribution in [0, 0.1) is 0 Å². The van der Waals surface area contributed by atoms with Crippen molar-refractivity contribution in [3.63, 3.8) is 0 Å². The molecule has 19 heavy (non-hydrogen) atoms. The zero-order chi connectivity index (χ0) is 15.5. The van der Waals surface area contributed by atoms with Gasteiger partial charge >= 0.3 is 8.56 Å². The van der Waals surface area contributed by atoms with Crippen LogP contribution in [0.2, 0.25) is 13.1 Å². The summed E-state index contributed by atoms with van der Waals surface area (Å²) in [6.45, 7) is 14.5. The molecule has 0 unspecified atom stereocenters. The number of rotatable bonds is 8. The molecule has 0 aliphatic heterocycles. The molecule has 0 heterocycles. The van der Waals surface area contributed by atoms with Gasteiger partial charge in [0.2, 0.25) is 0 Å². The molecule has 0 spiro atoms. The van der Waals surface area contributed by atoms with Gasteiger partial charge in [-0.2, -0.15) is 0 Å². The van der Waals surface area contributed by atoms with Gasteiger partial charge in [0.15, 0.2) is 0 Å². The van der Waals surface area contributed by atoms with E-state index < -0.39 is 8.56 Å². The third-order valence-corrected chi connectivity index (χ3v) is 4.53. The van der Waals surface area contributed by atoms with Gasteiger partial charge in [-0.3, -0.25) is 0 Å². The van der Waals surface area contributed by atoms with Crippen molar-refractivity contribution in [2.45, 2.75) is 52.0 Å². The molecule has 0 saturated carbocycles. The molecule has 4 nitrogen and oxygen atoms in total. The van der Waals surface area contributed by atoms with E-state index in [9.17, 15) is 0 Å². The predicted octanol–water partition coefficient (Wildman–Crippen LogP) is 2.40. The molecular formula is C14H34N2O2Si. The zero-order valence-electron chi connectivity index (χ0n) is 14.6. The highest BCUT2D eigenvalue weighted by molar-refractivity contribution is 6.64. The quantitative estimate of drug-likeness (QED) is 0.641. The monoisotopic (exact) mass is 290 g/mol. The molecule has 0 aromatic rings. The molecule has 0 N–H and O–H groups in total. The van der Waals surface area contributed by atoms with E-state index in [-0.39, 0.29) is 11.2 Å². The Morgan fingerprint density at radius 2 is 1.00 bits per heavy atom. The molecule has 0 saturated heterocycles. The maximum absolute atomic E-state index is 6.31. The van der Waals surface area contributed by atoms with Crippen LogP contribution in [-0.2, 0) is 8.85 Å². The normalized spacial score (nSPS) is 14.5. The van der Waals surface area contributed by atoms with E-state index in [1.165, 1.54) is 0 Å². The van der Waals surface area contributed by atoms with Gasteiger partial charge in [0.05, 0.1) is 11.2 Å². The van der Waals surface area contributed by atoms with Gasteiger partial charge in [0.1, 0.15) is 0 Å². The van der Waals surface area contributed by atoms with Gasteiger partial charge in [-0.05, 0) is 69.0 Å². The maximum atomic E-state index is 6.31. The first-order valence-corrected chi connectivity index (χ1v) is 9.76. The summed E-state index contributed by atoms with van der Waals surface area (Å²) < 4.78 is 12.6. The van der Waals surface area contributed by atoms with Gasteiger partial charge in [-0.15, -0.1) is 0 Å². The Morgan fingerprint density at radius 1 is 0.737 bits per heavy atom. The van der Waals surface area contributed by atoms with Crippen LogP contribution in [0.1, 0.15) is 27.7 Å². The average molecular weight is 291 g/mol. The van der Waals surface area contributed by atoms with Crippen LogP contribution in [0.15, 0.2) is 0 Å². The predicted molar refractivity (Wildman–Crippen MR) is 84.9 cm³/mol. The number of hydrogen-bond donors (Lipinski definition) is 0. The Balaban J connectivity index is 4.62. The lowest BCUT2D eigenvalue weighted by Gasteiger charge is -2.41. The highest BCUT2D eigenvalue weighted by Crippen LogP contribution is 2.24. The molecule has 0 fully saturated rings. The molecule has 0 amide bonds. The minimum Gasteiger partial charge on any atom is -0.388 e. The van der Waals surface area contributed by atoms with Gasteiger partial charge in [0.25, 0.3) is 0 Å². The fourth-order valence-corrected chi connectivity index (χ4v) is 5.77. The first kappa shape index (κ1) is 19.1. The minimum atomic E-state index is -2.16. The summed E-state index contributed by atoms with van der Waals surface area (Å²) in [7, 11) is 6.10. The summed E-state index contributed by atoms with van der Waals surface area (Å²) in [5.74, 6) is 0. The van der Waals surface area contributed by atoms with E-state index in [0.29, 0.717) is 0 Å². The summed E-state index contributed by atoms with van der Waals surface area (Å²) in [6.07, 6.45) is 0. The van der Waals surface area contributed by atoms with Crippen LogP contribution < -0.4 is 0 Å². The highest BCUT2D eigenvalue weighted by atomic mass is 28.4. The Morgan fingerprint density at radius 3 is 1.21 bits per heavy atom. The topological polar surface area (TPSA) is 24.9 Å². The summed E-state index contributed by atoms with van der Waals surface area (Å²) in [6, 6.07) is 0. The fraction of sp³-hybridized carbons (Fsp3) is 1.00. The lowest BCUT2D eigenvalue weighted by molar-refractivity contribution is -0.0135. The Kier molecular flexibility index (Phi) is 6.69.